The maximum Gasteiger partial charge on any atom is 0.333 e. The molecule has 0 aliphatic rings. The number of hydrogen-bond donors (Lipinski definition) is 0. The van der Waals surface area contributed by atoms with E-state index < -0.39 is 0 Å². The average molecular weight is 196 g/mol. The molecule has 0 saturated heterocycles. The van der Waals surface area contributed by atoms with Crippen LogP contribution in [0.25, 0.3) is 0 Å². The van der Waals surface area contributed by atoms with Crippen molar-refractivity contribution in [1.82, 2.24) is 0 Å². The number of ether oxygens (including phenoxy) is 1. The third-order valence-corrected chi connectivity index (χ3v) is 1.80. The first kappa shape index (κ1) is 12.9. The van der Waals surface area contributed by atoms with Gasteiger partial charge in [-0.2, -0.15) is 0 Å². The summed E-state index contributed by atoms with van der Waals surface area (Å²) in [6, 6.07) is 0. The molecule has 0 aliphatic heterocycles. The molecule has 2 nitrogen and oxygen atoms in total. The number of esters is 1. The minimum atomic E-state index is -0.316. The highest BCUT2D eigenvalue weighted by atomic mass is 16.5. The van der Waals surface area contributed by atoms with Crippen LogP contribution in [0.5, 0.6) is 0 Å². The summed E-state index contributed by atoms with van der Waals surface area (Å²) in [6.07, 6.45) is 8.71. The molecule has 0 amide bonds. The first-order chi connectivity index (χ1) is 6.68. The van der Waals surface area contributed by atoms with Gasteiger partial charge in [0, 0.05) is 5.57 Å². The number of carbonyl (C=O) groups is 1. The molecule has 0 heterocycles. The molecule has 0 fully saturated rings. The molecule has 2 heteroatoms. The monoisotopic (exact) mass is 196 g/mol. The second-order valence-corrected chi connectivity index (χ2v) is 3.35. The standard InChI is InChI=1S/C12H20O2/c1-4-5-6-7-8-9-10-14-12(13)11(2)3/h8-9H,2,4-7,10H2,1,3H3. The first-order valence-corrected chi connectivity index (χ1v) is 5.16. The van der Waals surface area contributed by atoms with Crippen LogP contribution in [0.4, 0.5) is 0 Å². The van der Waals surface area contributed by atoms with E-state index in [1.807, 2.05) is 6.08 Å². The fourth-order valence-corrected chi connectivity index (χ4v) is 0.945. The van der Waals surface area contributed by atoms with Crippen LogP contribution in [0.3, 0.4) is 0 Å². The minimum Gasteiger partial charge on any atom is -0.458 e. The van der Waals surface area contributed by atoms with Crippen LogP contribution in [0.1, 0.15) is 39.5 Å². The summed E-state index contributed by atoms with van der Waals surface area (Å²) < 4.78 is 4.88. The third-order valence-electron chi connectivity index (χ3n) is 1.80. The van der Waals surface area contributed by atoms with Crippen molar-refractivity contribution in [2.75, 3.05) is 6.61 Å². The summed E-state index contributed by atoms with van der Waals surface area (Å²) in [5, 5.41) is 0. The highest BCUT2D eigenvalue weighted by molar-refractivity contribution is 5.86. The van der Waals surface area contributed by atoms with E-state index in [0.29, 0.717) is 12.2 Å². The van der Waals surface area contributed by atoms with Gasteiger partial charge in [0.2, 0.25) is 0 Å². The van der Waals surface area contributed by atoms with Crippen LogP contribution in [0.2, 0.25) is 0 Å². The summed E-state index contributed by atoms with van der Waals surface area (Å²) in [4.78, 5) is 10.9. The van der Waals surface area contributed by atoms with Crippen LogP contribution in [-0.4, -0.2) is 12.6 Å². The lowest BCUT2D eigenvalue weighted by Gasteiger charge is -1.99. The maximum atomic E-state index is 10.9. The van der Waals surface area contributed by atoms with Gasteiger partial charge in [-0.15, -0.1) is 0 Å². The van der Waals surface area contributed by atoms with Gasteiger partial charge in [-0.25, -0.2) is 4.79 Å². The number of rotatable bonds is 7. The van der Waals surface area contributed by atoms with Crippen molar-refractivity contribution in [2.24, 2.45) is 0 Å². The van der Waals surface area contributed by atoms with Gasteiger partial charge in [-0.05, 0) is 19.8 Å². The van der Waals surface area contributed by atoms with E-state index in [1.54, 1.807) is 6.92 Å². The van der Waals surface area contributed by atoms with Gasteiger partial charge >= 0.3 is 5.97 Å². The Morgan fingerprint density at radius 2 is 2.07 bits per heavy atom. The summed E-state index contributed by atoms with van der Waals surface area (Å²) in [7, 11) is 0. The van der Waals surface area contributed by atoms with Gasteiger partial charge in [0.25, 0.3) is 0 Å². The van der Waals surface area contributed by atoms with E-state index in [0.717, 1.165) is 6.42 Å². The average Bonchev–Trinajstić information content (AvgIpc) is 2.16. The Morgan fingerprint density at radius 1 is 1.36 bits per heavy atom. The van der Waals surface area contributed by atoms with Crippen molar-refractivity contribution in [1.29, 1.82) is 0 Å². The molecule has 0 radical (unpaired) electrons. The van der Waals surface area contributed by atoms with E-state index >= 15 is 0 Å². The van der Waals surface area contributed by atoms with Crippen molar-refractivity contribution in [3.05, 3.63) is 24.3 Å². The number of unbranched alkanes of at least 4 members (excludes halogenated alkanes) is 3. The molecule has 0 N–H and O–H groups in total. The van der Waals surface area contributed by atoms with E-state index in [1.165, 1.54) is 19.3 Å². The molecule has 0 saturated carbocycles. The van der Waals surface area contributed by atoms with E-state index in [4.69, 9.17) is 4.74 Å². The molecule has 0 aliphatic carbocycles. The van der Waals surface area contributed by atoms with Crippen LogP contribution in [0.15, 0.2) is 24.3 Å². The lowest BCUT2D eigenvalue weighted by Crippen LogP contribution is -2.04. The zero-order valence-corrected chi connectivity index (χ0v) is 9.21. The molecule has 0 spiro atoms. The van der Waals surface area contributed by atoms with Gasteiger partial charge < -0.3 is 4.74 Å². The van der Waals surface area contributed by atoms with Gasteiger partial charge in [0.05, 0.1) is 0 Å². The molecule has 14 heavy (non-hydrogen) atoms. The Hall–Kier alpha value is -1.05. The zero-order valence-electron chi connectivity index (χ0n) is 9.21. The summed E-state index contributed by atoms with van der Waals surface area (Å²) in [5.74, 6) is -0.316. The molecule has 0 aromatic heterocycles. The van der Waals surface area contributed by atoms with Gasteiger partial charge in [-0.1, -0.05) is 38.5 Å². The predicted octanol–water partition coefficient (Wildman–Crippen LogP) is 3.24. The van der Waals surface area contributed by atoms with Crippen molar-refractivity contribution in [2.45, 2.75) is 39.5 Å². The normalized spacial score (nSPS) is 10.4. The Morgan fingerprint density at radius 3 is 2.64 bits per heavy atom. The van der Waals surface area contributed by atoms with Crippen LogP contribution in [-0.2, 0) is 9.53 Å². The summed E-state index contributed by atoms with van der Waals surface area (Å²) in [6.45, 7) is 7.68. The van der Waals surface area contributed by atoms with Gasteiger partial charge in [0.1, 0.15) is 6.61 Å². The predicted molar refractivity (Wildman–Crippen MR) is 59.1 cm³/mol. The maximum absolute atomic E-state index is 10.9. The Labute approximate surface area is 86.6 Å². The van der Waals surface area contributed by atoms with Crippen LogP contribution >= 0.6 is 0 Å². The fourth-order valence-electron chi connectivity index (χ4n) is 0.945. The molecular formula is C12H20O2. The minimum absolute atomic E-state index is 0.316. The second-order valence-electron chi connectivity index (χ2n) is 3.35. The smallest absolute Gasteiger partial charge is 0.333 e. The van der Waals surface area contributed by atoms with E-state index in [-0.39, 0.29) is 5.97 Å². The zero-order chi connectivity index (χ0) is 10.8. The molecule has 0 rings (SSSR count). The van der Waals surface area contributed by atoms with Crippen molar-refractivity contribution in [3.8, 4) is 0 Å². The Kier molecular flexibility index (Phi) is 7.90. The fraction of sp³-hybridized carbons (Fsp3) is 0.583. The van der Waals surface area contributed by atoms with Crippen molar-refractivity contribution >= 4 is 5.97 Å². The Bertz CT molecular complexity index is 204. The molecule has 0 bridgehead atoms. The number of carbonyl (C=O) groups excluding carboxylic acids is 1. The quantitative estimate of drug-likeness (QED) is 0.270. The van der Waals surface area contributed by atoms with Crippen molar-refractivity contribution < 1.29 is 9.53 Å². The lowest BCUT2D eigenvalue weighted by atomic mass is 10.2. The lowest BCUT2D eigenvalue weighted by molar-refractivity contribution is -0.137. The Balaban J connectivity index is 3.35. The highest BCUT2D eigenvalue weighted by Crippen LogP contribution is 1.99. The van der Waals surface area contributed by atoms with Crippen LogP contribution in [0, 0.1) is 0 Å². The largest absolute Gasteiger partial charge is 0.458 e. The molecule has 0 aromatic carbocycles. The highest BCUT2D eigenvalue weighted by Gasteiger charge is 1.99. The number of hydrogen-bond acceptors (Lipinski definition) is 2. The van der Waals surface area contributed by atoms with E-state index in [9.17, 15) is 4.79 Å². The third kappa shape index (κ3) is 7.59. The van der Waals surface area contributed by atoms with E-state index in [2.05, 4.69) is 19.6 Å². The summed E-state index contributed by atoms with van der Waals surface area (Å²) in [5.41, 5.74) is 0.449. The second kappa shape index (κ2) is 8.54. The molecule has 0 unspecified atom stereocenters. The molecule has 0 aromatic rings. The topological polar surface area (TPSA) is 26.3 Å². The SMILES string of the molecule is C=C(C)C(=O)OCC=CCCCCC. The van der Waals surface area contributed by atoms with Gasteiger partial charge in [0.15, 0.2) is 0 Å². The molecule has 80 valence electrons. The van der Waals surface area contributed by atoms with Crippen molar-refractivity contribution in [3.63, 3.8) is 0 Å². The number of allylic oxidation sites excluding steroid dienone is 1. The first-order valence-electron chi connectivity index (χ1n) is 5.16. The van der Waals surface area contributed by atoms with Crippen LogP contribution < -0.4 is 0 Å². The summed E-state index contributed by atoms with van der Waals surface area (Å²) >= 11 is 0. The van der Waals surface area contributed by atoms with Gasteiger partial charge in [-0.3, -0.25) is 0 Å². The molecule has 0 atom stereocenters. The molecular weight excluding hydrogens is 176 g/mol.